The third-order valence-electron chi connectivity index (χ3n) is 5.39. The summed E-state index contributed by atoms with van der Waals surface area (Å²) in [5.41, 5.74) is 1.60. The Hall–Kier alpha value is -3.14. The van der Waals surface area contributed by atoms with Crippen molar-refractivity contribution in [2.24, 2.45) is 0 Å². The molecule has 2 unspecified atom stereocenters. The molecule has 0 saturated heterocycles. The van der Waals surface area contributed by atoms with Gasteiger partial charge in [-0.05, 0) is 47.5 Å². The summed E-state index contributed by atoms with van der Waals surface area (Å²) >= 11 is 6.07. The molecule has 172 valence electrons. The molecule has 1 aliphatic rings. The standard InChI is InChI=1S/C23H20ClFN2O5S/c1-32-15-8-6-14(7-9-15)27-33(30,31)21-11-17(18(24)12-19(21)25)23(29)26-22-16-5-3-2-4-13(16)10-20(22)28/h2-9,11-12,20,22,27-28H,10H2,1H3,(H,26,29). The van der Waals surface area contributed by atoms with E-state index in [-0.39, 0.29) is 16.3 Å². The fourth-order valence-electron chi connectivity index (χ4n) is 3.75. The molecule has 3 aromatic carbocycles. The van der Waals surface area contributed by atoms with E-state index in [1.807, 2.05) is 12.1 Å². The molecule has 0 radical (unpaired) electrons. The Morgan fingerprint density at radius 2 is 1.85 bits per heavy atom. The Labute approximate surface area is 195 Å². The number of aliphatic hydroxyl groups excluding tert-OH is 1. The first kappa shape index (κ1) is 23.0. The van der Waals surface area contributed by atoms with Gasteiger partial charge in [0.15, 0.2) is 0 Å². The molecule has 3 N–H and O–H groups in total. The first-order valence-corrected chi connectivity index (χ1v) is 11.8. The van der Waals surface area contributed by atoms with Gasteiger partial charge in [-0.1, -0.05) is 35.9 Å². The summed E-state index contributed by atoms with van der Waals surface area (Å²) in [6.07, 6.45) is -0.491. The van der Waals surface area contributed by atoms with Crippen LogP contribution in [0.2, 0.25) is 5.02 Å². The highest BCUT2D eigenvalue weighted by molar-refractivity contribution is 7.92. The van der Waals surface area contributed by atoms with Gasteiger partial charge >= 0.3 is 0 Å². The van der Waals surface area contributed by atoms with E-state index in [0.29, 0.717) is 12.2 Å². The van der Waals surface area contributed by atoms with Crippen LogP contribution in [0.15, 0.2) is 65.6 Å². The van der Waals surface area contributed by atoms with E-state index in [2.05, 4.69) is 10.0 Å². The number of nitrogens with one attached hydrogen (secondary N) is 2. The lowest BCUT2D eigenvalue weighted by Gasteiger charge is -2.19. The second-order valence-corrected chi connectivity index (χ2v) is 9.58. The number of methoxy groups -OCH3 is 1. The molecule has 0 bridgehead atoms. The zero-order chi connectivity index (χ0) is 23.8. The molecule has 7 nitrogen and oxygen atoms in total. The number of amides is 1. The van der Waals surface area contributed by atoms with Gasteiger partial charge in [-0.15, -0.1) is 0 Å². The molecule has 10 heteroatoms. The lowest BCUT2D eigenvalue weighted by atomic mass is 10.1. The number of carbonyl (C=O) groups excluding carboxylic acids is 1. The fraction of sp³-hybridized carbons (Fsp3) is 0.174. The highest BCUT2D eigenvalue weighted by Gasteiger charge is 2.33. The van der Waals surface area contributed by atoms with Crippen LogP contribution in [0.1, 0.15) is 27.5 Å². The molecule has 0 spiro atoms. The molecule has 0 heterocycles. The molecular formula is C23H20ClFN2O5S. The van der Waals surface area contributed by atoms with Crippen LogP contribution in [0.5, 0.6) is 5.75 Å². The molecule has 0 saturated carbocycles. The third kappa shape index (κ3) is 4.66. The van der Waals surface area contributed by atoms with Gasteiger partial charge in [0.1, 0.15) is 16.5 Å². The minimum absolute atomic E-state index is 0.182. The van der Waals surface area contributed by atoms with Crippen LogP contribution in [0, 0.1) is 5.82 Å². The lowest BCUT2D eigenvalue weighted by molar-refractivity contribution is 0.0858. The van der Waals surface area contributed by atoms with Crippen LogP contribution in [0.4, 0.5) is 10.1 Å². The molecular weight excluding hydrogens is 471 g/mol. The van der Waals surface area contributed by atoms with E-state index in [1.54, 1.807) is 24.3 Å². The number of fused-ring (bicyclic) bond motifs is 1. The first-order valence-electron chi connectivity index (χ1n) is 9.92. The van der Waals surface area contributed by atoms with E-state index in [9.17, 15) is 22.7 Å². The molecule has 1 amide bonds. The first-order chi connectivity index (χ1) is 15.7. The Morgan fingerprint density at radius 3 is 2.55 bits per heavy atom. The van der Waals surface area contributed by atoms with Crippen LogP contribution < -0.4 is 14.8 Å². The minimum Gasteiger partial charge on any atom is -0.497 e. The van der Waals surface area contributed by atoms with Crippen molar-refractivity contribution in [2.45, 2.75) is 23.5 Å². The highest BCUT2D eigenvalue weighted by atomic mass is 35.5. The number of ether oxygens (including phenoxy) is 1. The topological polar surface area (TPSA) is 105 Å². The molecule has 33 heavy (non-hydrogen) atoms. The van der Waals surface area contributed by atoms with Crippen LogP contribution in [-0.2, 0) is 16.4 Å². The maximum absolute atomic E-state index is 14.6. The molecule has 3 aromatic rings. The van der Waals surface area contributed by atoms with Crippen LogP contribution in [0.3, 0.4) is 0 Å². The van der Waals surface area contributed by atoms with E-state index in [1.165, 1.54) is 19.2 Å². The van der Waals surface area contributed by atoms with Crippen molar-refractivity contribution in [2.75, 3.05) is 11.8 Å². The van der Waals surface area contributed by atoms with Crippen molar-refractivity contribution in [1.82, 2.24) is 5.32 Å². The van der Waals surface area contributed by atoms with Gasteiger partial charge in [-0.3, -0.25) is 9.52 Å². The van der Waals surface area contributed by atoms with Crippen LogP contribution in [0.25, 0.3) is 0 Å². The summed E-state index contributed by atoms with van der Waals surface area (Å²) in [6.45, 7) is 0. The van der Waals surface area contributed by atoms with Gasteiger partial charge in [0.2, 0.25) is 0 Å². The van der Waals surface area contributed by atoms with E-state index in [4.69, 9.17) is 16.3 Å². The summed E-state index contributed by atoms with van der Waals surface area (Å²) in [5.74, 6) is -1.32. The Balaban J connectivity index is 1.62. The Morgan fingerprint density at radius 1 is 1.15 bits per heavy atom. The van der Waals surface area contributed by atoms with Crippen molar-refractivity contribution < 1.29 is 27.4 Å². The second kappa shape index (κ2) is 9.01. The van der Waals surface area contributed by atoms with Crippen molar-refractivity contribution in [1.29, 1.82) is 0 Å². The van der Waals surface area contributed by atoms with Gasteiger partial charge in [0.05, 0.1) is 29.8 Å². The van der Waals surface area contributed by atoms with Crippen molar-refractivity contribution in [3.63, 3.8) is 0 Å². The average molecular weight is 491 g/mol. The summed E-state index contributed by atoms with van der Waals surface area (Å²) in [6, 6.07) is 14.2. The number of rotatable bonds is 6. The molecule has 4 rings (SSSR count). The normalized spacial score (nSPS) is 17.3. The number of benzene rings is 3. The molecule has 0 aromatic heterocycles. The zero-order valence-electron chi connectivity index (χ0n) is 17.4. The Kier molecular flexibility index (Phi) is 6.29. The average Bonchev–Trinajstić information content (AvgIpc) is 3.08. The minimum atomic E-state index is -4.38. The van der Waals surface area contributed by atoms with Gasteiger partial charge < -0.3 is 15.2 Å². The SMILES string of the molecule is COc1ccc(NS(=O)(=O)c2cc(C(=O)NC3c4ccccc4CC3O)c(Cl)cc2F)cc1. The van der Waals surface area contributed by atoms with Gasteiger partial charge in [-0.2, -0.15) is 0 Å². The predicted octanol–water partition coefficient (Wildman–Crippen LogP) is 3.68. The number of carbonyl (C=O) groups is 1. The van der Waals surface area contributed by atoms with Gasteiger partial charge in [0.25, 0.3) is 15.9 Å². The number of sulfonamides is 1. The summed E-state index contributed by atoms with van der Waals surface area (Å²) in [5, 5.41) is 12.8. The van der Waals surface area contributed by atoms with Crippen molar-refractivity contribution >= 4 is 33.2 Å². The largest absolute Gasteiger partial charge is 0.497 e. The summed E-state index contributed by atoms with van der Waals surface area (Å²) in [4.78, 5) is 12.2. The van der Waals surface area contributed by atoms with E-state index < -0.39 is 38.8 Å². The molecule has 2 atom stereocenters. The van der Waals surface area contributed by atoms with E-state index >= 15 is 0 Å². The third-order valence-corrected chi connectivity index (χ3v) is 7.10. The van der Waals surface area contributed by atoms with Gasteiger partial charge in [0, 0.05) is 12.1 Å². The highest BCUT2D eigenvalue weighted by Crippen LogP contribution is 2.32. The van der Waals surface area contributed by atoms with E-state index in [0.717, 1.165) is 23.3 Å². The summed E-state index contributed by atoms with van der Waals surface area (Å²) < 4.78 is 47.5. The summed E-state index contributed by atoms with van der Waals surface area (Å²) in [7, 11) is -2.91. The van der Waals surface area contributed by atoms with Gasteiger partial charge in [-0.25, -0.2) is 12.8 Å². The molecule has 0 fully saturated rings. The lowest BCUT2D eigenvalue weighted by Crippen LogP contribution is -2.34. The number of halogens is 2. The van der Waals surface area contributed by atoms with Crippen LogP contribution >= 0.6 is 11.6 Å². The number of aliphatic hydroxyl groups is 1. The second-order valence-electron chi connectivity index (χ2n) is 7.52. The number of anilines is 1. The number of hydrogen-bond acceptors (Lipinski definition) is 5. The van der Waals surface area contributed by atoms with Crippen LogP contribution in [-0.4, -0.2) is 32.6 Å². The Bertz CT molecular complexity index is 1310. The number of hydrogen-bond donors (Lipinski definition) is 3. The monoisotopic (exact) mass is 490 g/mol. The predicted molar refractivity (Wildman–Crippen MR) is 122 cm³/mol. The molecule has 0 aliphatic heterocycles. The maximum Gasteiger partial charge on any atom is 0.264 e. The quantitative estimate of drug-likeness (QED) is 0.489. The smallest absolute Gasteiger partial charge is 0.264 e. The van der Waals surface area contributed by atoms with Crippen molar-refractivity contribution in [3.8, 4) is 5.75 Å². The molecule has 1 aliphatic carbocycles. The zero-order valence-corrected chi connectivity index (χ0v) is 19.0. The maximum atomic E-state index is 14.6. The van der Waals surface area contributed by atoms with Crippen molar-refractivity contribution in [3.05, 3.63) is 88.2 Å². The fourth-order valence-corrected chi connectivity index (χ4v) is 5.13.